The summed E-state index contributed by atoms with van der Waals surface area (Å²) in [6, 6.07) is 2.49. The molecule has 20 heavy (non-hydrogen) atoms. The smallest absolute Gasteiger partial charge is 0.146 e. The average Bonchev–Trinajstić information content (AvgIpc) is 2.42. The number of benzene rings is 1. The van der Waals surface area contributed by atoms with Crippen molar-refractivity contribution in [2.45, 2.75) is 64.4 Å². The molecule has 0 aliphatic heterocycles. The predicted molar refractivity (Wildman–Crippen MR) is 81.6 cm³/mol. The number of hydrogen-bond donors (Lipinski definition) is 1. The Kier molecular flexibility index (Phi) is 8.31. The van der Waals surface area contributed by atoms with Gasteiger partial charge in [-0.1, -0.05) is 51.9 Å². The van der Waals surface area contributed by atoms with Crippen LogP contribution in [0.5, 0.6) is 0 Å². The SMILES string of the molecule is CCCCCCCCCC(O)c1c(F)ccc(Br)c1F. The molecule has 0 spiro atoms. The van der Waals surface area contributed by atoms with E-state index in [1.54, 1.807) is 0 Å². The number of hydrogen-bond acceptors (Lipinski definition) is 1. The molecule has 114 valence electrons. The number of halogens is 3. The van der Waals surface area contributed by atoms with Gasteiger partial charge in [-0.2, -0.15) is 0 Å². The highest BCUT2D eigenvalue weighted by molar-refractivity contribution is 9.10. The van der Waals surface area contributed by atoms with E-state index in [1.807, 2.05) is 0 Å². The Morgan fingerprint density at radius 1 is 1.05 bits per heavy atom. The van der Waals surface area contributed by atoms with Crippen LogP contribution in [-0.4, -0.2) is 5.11 Å². The van der Waals surface area contributed by atoms with Crippen molar-refractivity contribution < 1.29 is 13.9 Å². The minimum absolute atomic E-state index is 0.188. The normalized spacial score (nSPS) is 12.7. The molecule has 0 aliphatic carbocycles. The Labute approximate surface area is 128 Å². The van der Waals surface area contributed by atoms with E-state index in [2.05, 4.69) is 22.9 Å². The van der Waals surface area contributed by atoms with Gasteiger partial charge in [0, 0.05) is 0 Å². The Bertz CT molecular complexity index is 410. The fraction of sp³-hybridized carbons (Fsp3) is 0.625. The van der Waals surface area contributed by atoms with Gasteiger partial charge in [-0.25, -0.2) is 8.78 Å². The van der Waals surface area contributed by atoms with Crippen molar-refractivity contribution in [1.29, 1.82) is 0 Å². The van der Waals surface area contributed by atoms with Crippen molar-refractivity contribution in [2.75, 3.05) is 0 Å². The lowest BCUT2D eigenvalue weighted by atomic mass is 10.0. The molecular weight excluding hydrogens is 326 g/mol. The van der Waals surface area contributed by atoms with Gasteiger partial charge in [0.05, 0.1) is 16.1 Å². The predicted octanol–water partition coefficient (Wildman–Crippen LogP) is 5.90. The van der Waals surface area contributed by atoms with Crippen LogP contribution in [0.1, 0.15) is 70.0 Å². The highest BCUT2D eigenvalue weighted by Crippen LogP contribution is 2.29. The molecular formula is C16H23BrF2O. The van der Waals surface area contributed by atoms with E-state index in [0.29, 0.717) is 6.42 Å². The number of aliphatic hydroxyl groups excluding tert-OH is 1. The number of rotatable bonds is 9. The van der Waals surface area contributed by atoms with Gasteiger partial charge in [0.25, 0.3) is 0 Å². The molecule has 4 heteroatoms. The molecule has 0 bridgehead atoms. The quantitative estimate of drug-likeness (QED) is 0.435. The van der Waals surface area contributed by atoms with Gasteiger partial charge < -0.3 is 5.11 Å². The van der Waals surface area contributed by atoms with Crippen molar-refractivity contribution >= 4 is 15.9 Å². The van der Waals surface area contributed by atoms with Crippen LogP contribution in [0.3, 0.4) is 0 Å². The Morgan fingerprint density at radius 2 is 1.65 bits per heavy atom. The van der Waals surface area contributed by atoms with E-state index in [-0.39, 0.29) is 10.0 Å². The van der Waals surface area contributed by atoms with Gasteiger partial charge in [-0.15, -0.1) is 0 Å². The Morgan fingerprint density at radius 3 is 2.30 bits per heavy atom. The molecule has 1 N–H and O–H groups in total. The second-order valence-corrected chi connectivity index (χ2v) is 6.04. The van der Waals surface area contributed by atoms with E-state index in [4.69, 9.17) is 0 Å². The molecule has 1 unspecified atom stereocenters. The maximum Gasteiger partial charge on any atom is 0.146 e. The zero-order chi connectivity index (χ0) is 15.0. The summed E-state index contributed by atoms with van der Waals surface area (Å²) >= 11 is 3.01. The standard InChI is InChI=1S/C16H23BrF2O/c1-2-3-4-5-6-7-8-9-14(20)15-13(18)11-10-12(17)16(15)19/h10-11,14,20H,2-9H2,1H3. The summed E-state index contributed by atoms with van der Waals surface area (Å²) in [6.45, 7) is 2.18. The van der Waals surface area contributed by atoms with Crippen molar-refractivity contribution in [3.05, 3.63) is 33.8 Å². The third kappa shape index (κ3) is 5.49. The summed E-state index contributed by atoms with van der Waals surface area (Å²) in [5, 5.41) is 9.95. The third-order valence-electron chi connectivity index (χ3n) is 3.49. The number of aliphatic hydroxyl groups is 1. The van der Waals surface area contributed by atoms with Crippen LogP contribution in [0.2, 0.25) is 0 Å². The Balaban J connectivity index is 2.36. The van der Waals surface area contributed by atoms with Gasteiger partial charge >= 0.3 is 0 Å². The number of unbranched alkanes of at least 4 members (excludes halogenated alkanes) is 6. The summed E-state index contributed by atoms with van der Waals surface area (Å²) in [6.07, 6.45) is 7.17. The highest BCUT2D eigenvalue weighted by Gasteiger charge is 2.19. The van der Waals surface area contributed by atoms with Crippen LogP contribution >= 0.6 is 15.9 Å². The summed E-state index contributed by atoms with van der Waals surface area (Å²) in [5.41, 5.74) is -0.217. The minimum Gasteiger partial charge on any atom is -0.388 e. The van der Waals surface area contributed by atoms with Crippen molar-refractivity contribution in [1.82, 2.24) is 0 Å². The van der Waals surface area contributed by atoms with Crippen LogP contribution < -0.4 is 0 Å². The molecule has 1 nitrogen and oxygen atoms in total. The van der Waals surface area contributed by atoms with E-state index in [1.165, 1.54) is 37.8 Å². The van der Waals surface area contributed by atoms with E-state index >= 15 is 0 Å². The van der Waals surface area contributed by atoms with Gasteiger partial charge in [-0.3, -0.25) is 0 Å². The summed E-state index contributed by atoms with van der Waals surface area (Å²) in [4.78, 5) is 0. The summed E-state index contributed by atoms with van der Waals surface area (Å²) in [5.74, 6) is -1.37. The third-order valence-corrected chi connectivity index (χ3v) is 4.11. The lowest BCUT2D eigenvalue weighted by Crippen LogP contribution is -2.05. The van der Waals surface area contributed by atoms with Crippen LogP contribution in [0.25, 0.3) is 0 Å². The summed E-state index contributed by atoms with van der Waals surface area (Å²) in [7, 11) is 0. The first-order chi connectivity index (χ1) is 9.57. The average molecular weight is 349 g/mol. The van der Waals surface area contributed by atoms with E-state index in [9.17, 15) is 13.9 Å². The maximum absolute atomic E-state index is 13.8. The molecule has 1 aromatic carbocycles. The van der Waals surface area contributed by atoms with Crippen molar-refractivity contribution in [3.8, 4) is 0 Å². The first-order valence-electron chi connectivity index (χ1n) is 7.39. The van der Waals surface area contributed by atoms with Gasteiger partial charge in [0.2, 0.25) is 0 Å². The zero-order valence-corrected chi connectivity index (χ0v) is 13.6. The minimum atomic E-state index is -1.07. The van der Waals surface area contributed by atoms with Gasteiger partial charge in [-0.05, 0) is 34.5 Å². The van der Waals surface area contributed by atoms with Crippen LogP contribution in [-0.2, 0) is 0 Å². The molecule has 0 saturated heterocycles. The van der Waals surface area contributed by atoms with Crippen LogP contribution in [0.4, 0.5) is 8.78 Å². The Hall–Kier alpha value is -0.480. The monoisotopic (exact) mass is 348 g/mol. The molecule has 0 aromatic heterocycles. The lowest BCUT2D eigenvalue weighted by molar-refractivity contribution is 0.153. The van der Waals surface area contributed by atoms with E-state index in [0.717, 1.165) is 19.3 Å². The molecule has 0 heterocycles. The fourth-order valence-electron chi connectivity index (χ4n) is 2.29. The molecule has 1 rings (SSSR count). The van der Waals surface area contributed by atoms with Crippen molar-refractivity contribution in [2.24, 2.45) is 0 Å². The topological polar surface area (TPSA) is 20.2 Å². The molecule has 1 aromatic rings. The van der Waals surface area contributed by atoms with Gasteiger partial charge in [0.1, 0.15) is 11.6 Å². The van der Waals surface area contributed by atoms with E-state index < -0.39 is 17.7 Å². The summed E-state index contributed by atoms with van der Waals surface area (Å²) < 4.78 is 27.5. The first kappa shape index (κ1) is 17.6. The molecule has 0 saturated carbocycles. The second-order valence-electron chi connectivity index (χ2n) is 5.18. The highest BCUT2D eigenvalue weighted by atomic mass is 79.9. The largest absolute Gasteiger partial charge is 0.388 e. The molecule has 0 fully saturated rings. The lowest BCUT2D eigenvalue weighted by Gasteiger charge is -2.13. The van der Waals surface area contributed by atoms with Gasteiger partial charge in [0.15, 0.2) is 0 Å². The molecule has 0 radical (unpaired) electrons. The van der Waals surface area contributed by atoms with Crippen LogP contribution in [0.15, 0.2) is 16.6 Å². The van der Waals surface area contributed by atoms with Crippen molar-refractivity contribution in [3.63, 3.8) is 0 Å². The maximum atomic E-state index is 13.8. The molecule has 1 atom stereocenters. The second kappa shape index (κ2) is 9.46. The molecule has 0 amide bonds. The molecule has 0 aliphatic rings. The first-order valence-corrected chi connectivity index (χ1v) is 8.18. The zero-order valence-electron chi connectivity index (χ0n) is 12.0. The fourth-order valence-corrected chi connectivity index (χ4v) is 2.63. The van der Waals surface area contributed by atoms with Crippen LogP contribution in [0, 0.1) is 11.6 Å².